The van der Waals surface area contributed by atoms with Gasteiger partial charge in [-0.05, 0) is 30.2 Å². The van der Waals surface area contributed by atoms with Crippen LogP contribution in [0.2, 0.25) is 0 Å². The first-order chi connectivity index (χ1) is 15.2. The summed E-state index contributed by atoms with van der Waals surface area (Å²) in [6.45, 7) is 2.23. The zero-order valence-electron chi connectivity index (χ0n) is 17.6. The van der Waals surface area contributed by atoms with Crippen LogP contribution in [0.3, 0.4) is 0 Å². The van der Waals surface area contributed by atoms with E-state index >= 15 is 0 Å². The van der Waals surface area contributed by atoms with E-state index < -0.39 is 0 Å². The maximum absolute atomic E-state index is 2.48. The summed E-state index contributed by atoms with van der Waals surface area (Å²) in [5.41, 5.74) is 9.01. The van der Waals surface area contributed by atoms with Crippen LogP contribution in [0.25, 0.3) is 60.1 Å². The molecule has 7 rings (SSSR count). The lowest BCUT2D eigenvalue weighted by molar-refractivity contribution is -0.643. The van der Waals surface area contributed by atoms with Crippen molar-refractivity contribution in [2.24, 2.45) is 7.05 Å². The van der Waals surface area contributed by atoms with Crippen molar-refractivity contribution >= 4 is 49.0 Å². The molecular formula is C29H21N2+. The molecule has 146 valence electrons. The standard InChI is InChI=1S/C29H21N2/c1-18-9-8-14-25-26(18)29-27-21(23(17-30(29)2)19-10-4-3-5-11-19)15-16-22-20-12-6-7-13-24(20)31(25)28(22)27/h3-17H,1-2H3/q+1. The molecule has 4 aromatic carbocycles. The Kier molecular flexibility index (Phi) is 3.17. The molecule has 0 N–H and O–H groups in total. The Bertz CT molecular complexity index is 1790. The molecule has 0 saturated heterocycles. The molecule has 0 bridgehead atoms. The Labute approximate surface area is 179 Å². The zero-order chi connectivity index (χ0) is 20.7. The van der Waals surface area contributed by atoms with Gasteiger partial charge in [0.2, 0.25) is 5.52 Å². The second-order valence-electron chi connectivity index (χ2n) is 8.57. The molecule has 31 heavy (non-hydrogen) atoms. The first-order valence-electron chi connectivity index (χ1n) is 10.8. The highest BCUT2D eigenvalue weighted by molar-refractivity contribution is 6.28. The quantitative estimate of drug-likeness (QED) is 0.164. The molecule has 0 aliphatic rings. The highest BCUT2D eigenvalue weighted by atomic mass is 15.0. The fraction of sp³-hybridized carbons (Fsp3) is 0.0690. The van der Waals surface area contributed by atoms with Crippen molar-refractivity contribution in [3.8, 4) is 11.1 Å². The number of benzene rings is 4. The highest BCUT2D eigenvalue weighted by Gasteiger charge is 2.25. The second-order valence-corrected chi connectivity index (χ2v) is 8.57. The van der Waals surface area contributed by atoms with E-state index in [4.69, 9.17) is 0 Å². The SMILES string of the molecule is Cc1cccc2c1c1c3c(ccc4c5ccccc5n2c43)c(-c2ccccc2)c[n+]1C. The molecule has 0 atom stereocenters. The van der Waals surface area contributed by atoms with Crippen LogP contribution >= 0.6 is 0 Å². The molecule has 2 nitrogen and oxygen atoms in total. The molecule has 2 heteroatoms. The summed E-state index contributed by atoms with van der Waals surface area (Å²) in [5, 5.41) is 6.62. The Balaban J connectivity index is 1.88. The van der Waals surface area contributed by atoms with E-state index in [0.717, 1.165) is 0 Å². The maximum Gasteiger partial charge on any atom is 0.224 e. The minimum atomic E-state index is 1.25. The summed E-state index contributed by atoms with van der Waals surface area (Å²) in [4.78, 5) is 0. The van der Waals surface area contributed by atoms with Gasteiger partial charge in [0.25, 0.3) is 0 Å². The zero-order valence-corrected chi connectivity index (χ0v) is 17.6. The summed E-state index contributed by atoms with van der Waals surface area (Å²) in [6.07, 6.45) is 2.30. The molecule has 0 spiro atoms. The normalized spacial score (nSPS) is 12.2. The van der Waals surface area contributed by atoms with Gasteiger partial charge < -0.3 is 4.40 Å². The van der Waals surface area contributed by atoms with Crippen LogP contribution in [0.5, 0.6) is 0 Å². The van der Waals surface area contributed by atoms with Crippen molar-refractivity contribution < 1.29 is 4.57 Å². The predicted molar refractivity (Wildman–Crippen MR) is 130 cm³/mol. The van der Waals surface area contributed by atoms with E-state index in [1.165, 1.54) is 65.7 Å². The van der Waals surface area contributed by atoms with E-state index in [0.29, 0.717) is 0 Å². The van der Waals surface area contributed by atoms with Gasteiger partial charge in [-0.2, -0.15) is 4.57 Å². The van der Waals surface area contributed by atoms with Crippen LogP contribution in [0, 0.1) is 6.92 Å². The second kappa shape index (κ2) is 5.83. The van der Waals surface area contributed by atoms with Gasteiger partial charge in [0.1, 0.15) is 7.05 Å². The van der Waals surface area contributed by atoms with E-state index in [1.807, 2.05) is 0 Å². The van der Waals surface area contributed by atoms with Gasteiger partial charge in [-0.25, -0.2) is 0 Å². The Hall–Kier alpha value is -3.91. The molecule has 0 saturated carbocycles. The number of aryl methyl sites for hydroxylation is 2. The van der Waals surface area contributed by atoms with Crippen molar-refractivity contribution in [1.29, 1.82) is 0 Å². The van der Waals surface area contributed by atoms with Crippen molar-refractivity contribution in [1.82, 2.24) is 4.40 Å². The third kappa shape index (κ3) is 2.04. The van der Waals surface area contributed by atoms with Gasteiger partial charge in [0, 0.05) is 16.2 Å². The van der Waals surface area contributed by atoms with Gasteiger partial charge in [-0.15, -0.1) is 0 Å². The number of aromatic nitrogens is 2. The summed E-state index contributed by atoms with van der Waals surface area (Å²) in [5.74, 6) is 0. The van der Waals surface area contributed by atoms with Crippen LogP contribution in [0.15, 0.2) is 91.1 Å². The number of fused-ring (bicyclic) bond motifs is 6. The molecule has 0 amide bonds. The van der Waals surface area contributed by atoms with Gasteiger partial charge in [0.15, 0.2) is 6.20 Å². The molecule has 0 fully saturated rings. The van der Waals surface area contributed by atoms with Crippen molar-refractivity contribution in [3.05, 3.63) is 96.7 Å². The topological polar surface area (TPSA) is 8.29 Å². The molecule has 3 aromatic heterocycles. The number of pyridine rings is 2. The lowest BCUT2D eigenvalue weighted by Crippen LogP contribution is -2.29. The fourth-order valence-corrected chi connectivity index (χ4v) is 5.57. The average Bonchev–Trinajstić information content (AvgIpc) is 3.15. The molecular weight excluding hydrogens is 376 g/mol. The number of hydrogen-bond acceptors (Lipinski definition) is 0. The lowest BCUT2D eigenvalue weighted by Gasteiger charge is -2.15. The molecule has 7 aromatic rings. The molecule has 0 radical (unpaired) electrons. The average molecular weight is 398 g/mol. The number of hydrogen-bond donors (Lipinski definition) is 0. The fourth-order valence-electron chi connectivity index (χ4n) is 5.57. The monoisotopic (exact) mass is 397 g/mol. The van der Waals surface area contributed by atoms with Crippen LogP contribution in [0.4, 0.5) is 0 Å². The lowest BCUT2D eigenvalue weighted by atomic mass is 9.95. The number of para-hydroxylation sites is 1. The van der Waals surface area contributed by atoms with Gasteiger partial charge in [-0.3, -0.25) is 0 Å². The van der Waals surface area contributed by atoms with Crippen LogP contribution in [-0.2, 0) is 7.05 Å². The van der Waals surface area contributed by atoms with Crippen molar-refractivity contribution in [2.45, 2.75) is 6.92 Å². The van der Waals surface area contributed by atoms with Gasteiger partial charge >= 0.3 is 0 Å². The first kappa shape index (κ1) is 16.8. The van der Waals surface area contributed by atoms with Crippen molar-refractivity contribution in [3.63, 3.8) is 0 Å². The molecule has 0 unspecified atom stereocenters. The number of rotatable bonds is 1. The van der Waals surface area contributed by atoms with E-state index in [9.17, 15) is 0 Å². The summed E-state index contributed by atoms with van der Waals surface area (Å²) in [6, 6.07) is 30.8. The van der Waals surface area contributed by atoms with Gasteiger partial charge in [-0.1, -0.05) is 72.8 Å². The predicted octanol–water partition coefficient (Wildman–Crippen LogP) is 6.79. The molecule has 0 aliphatic heterocycles. The molecule has 3 heterocycles. The first-order valence-corrected chi connectivity index (χ1v) is 10.8. The largest absolute Gasteiger partial charge is 0.307 e. The summed E-state index contributed by atoms with van der Waals surface area (Å²) in [7, 11) is 2.19. The Morgan fingerprint density at radius 3 is 2.26 bits per heavy atom. The van der Waals surface area contributed by atoms with Crippen LogP contribution < -0.4 is 4.57 Å². The third-order valence-corrected chi connectivity index (χ3v) is 6.85. The van der Waals surface area contributed by atoms with E-state index in [-0.39, 0.29) is 0 Å². The van der Waals surface area contributed by atoms with Gasteiger partial charge in [0.05, 0.1) is 32.9 Å². The van der Waals surface area contributed by atoms with E-state index in [2.05, 4.69) is 114 Å². The Morgan fingerprint density at radius 2 is 1.39 bits per heavy atom. The summed E-state index contributed by atoms with van der Waals surface area (Å²) < 4.78 is 4.81. The minimum absolute atomic E-state index is 1.25. The van der Waals surface area contributed by atoms with E-state index in [1.54, 1.807) is 0 Å². The number of nitrogens with zero attached hydrogens (tertiary/aromatic N) is 2. The van der Waals surface area contributed by atoms with Crippen molar-refractivity contribution in [2.75, 3.05) is 0 Å². The maximum atomic E-state index is 2.48. The molecule has 0 aliphatic carbocycles. The summed E-state index contributed by atoms with van der Waals surface area (Å²) >= 11 is 0. The highest BCUT2D eigenvalue weighted by Crippen LogP contribution is 2.42. The van der Waals surface area contributed by atoms with Crippen LogP contribution in [-0.4, -0.2) is 4.40 Å². The Morgan fingerprint density at radius 1 is 0.645 bits per heavy atom. The third-order valence-electron chi connectivity index (χ3n) is 6.85. The minimum Gasteiger partial charge on any atom is -0.307 e. The van der Waals surface area contributed by atoms with Crippen LogP contribution in [0.1, 0.15) is 5.56 Å². The smallest absolute Gasteiger partial charge is 0.224 e.